The number of carbonyl (C=O) groups excluding carboxylic acids is 1. The summed E-state index contributed by atoms with van der Waals surface area (Å²) in [4.78, 5) is 13.5. The van der Waals surface area contributed by atoms with Crippen LogP contribution in [0.15, 0.2) is 10.5 Å². The van der Waals surface area contributed by atoms with Crippen molar-refractivity contribution in [3.63, 3.8) is 0 Å². The van der Waals surface area contributed by atoms with Crippen molar-refractivity contribution in [2.75, 3.05) is 27.3 Å². The van der Waals surface area contributed by atoms with Crippen LogP contribution in [-0.2, 0) is 16.0 Å². The van der Waals surface area contributed by atoms with Crippen LogP contribution in [0.1, 0.15) is 35.7 Å². The van der Waals surface area contributed by atoms with Crippen LogP contribution < -0.4 is 0 Å². The zero-order valence-electron chi connectivity index (χ0n) is 12.4. The molecule has 5 heteroatoms. The van der Waals surface area contributed by atoms with E-state index in [-0.39, 0.29) is 12.1 Å². The molecular formula is C14H23NO4. The van der Waals surface area contributed by atoms with Gasteiger partial charge in [0.25, 0.3) is 0 Å². The van der Waals surface area contributed by atoms with Crippen LogP contribution in [0.5, 0.6) is 0 Å². The molecule has 0 atom stereocenters. The maximum atomic E-state index is 11.5. The number of hydrogen-bond acceptors (Lipinski definition) is 5. The molecule has 19 heavy (non-hydrogen) atoms. The molecule has 0 saturated carbocycles. The van der Waals surface area contributed by atoms with Crippen LogP contribution in [0.2, 0.25) is 0 Å². The van der Waals surface area contributed by atoms with Gasteiger partial charge in [0.15, 0.2) is 0 Å². The fraction of sp³-hybridized carbons (Fsp3) is 0.643. The van der Waals surface area contributed by atoms with Crippen molar-refractivity contribution in [2.45, 2.75) is 33.4 Å². The molecule has 1 heterocycles. The second-order valence-electron chi connectivity index (χ2n) is 4.83. The lowest BCUT2D eigenvalue weighted by Gasteiger charge is -2.16. The van der Waals surface area contributed by atoms with Crippen molar-refractivity contribution >= 4 is 5.97 Å². The second-order valence-corrected chi connectivity index (χ2v) is 4.83. The van der Waals surface area contributed by atoms with Crippen molar-refractivity contribution < 1.29 is 18.7 Å². The summed E-state index contributed by atoms with van der Waals surface area (Å²) in [6.45, 7) is 7.91. The SMILES string of the molecule is COC(=O)c1cc(CN(C)CCOC(C)C)oc1C. The van der Waals surface area contributed by atoms with E-state index in [0.29, 0.717) is 24.5 Å². The van der Waals surface area contributed by atoms with Gasteiger partial charge in [0.05, 0.1) is 26.4 Å². The highest BCUT2D eigenvalue weighted by Gasteiger charge is 2.16. The van der Waals surface area contributed by atoms with Crippen molar-refractivity contribution in [1.29, 1.82) is 0 Å². The minimum atomic E-state index is -0.363. The fourth-order valence-corrected chi connectivity index (χ4v) is 1.72. The van der Waals surface area contributed by atoms with E-state index in [1.807, 2.05) is 20.9 Å². The molecule has 0 N–H and O–H groups in total. The van der Waals surface area contributed by atoms with Crippen LogP contribution in [0.4, 0.5) is 0 Å². The summed E-state index contributed by atoms with van der Waals surface area (Å²) in [6.07, 6.45) is 0.241. The van der Waals surface area contributed by atoms with Crippen molar-refractivity contribution in [2.24, 2.45) is 0 Å². The van der Waals surface area contributed by atoms with Crippen LogP contribution in [0, 0.1) is 6.92 Å². The Morgan fingerprint density at radius 1 is 1.47 bits per heavy atom. The number of rotatable bonds is 7. The predicted molar refractivity (Wildman–Crippen MR) is 72.2 cm³/mol. The minimum Gasteiger partial charge on any atom is -0.465 e. The summed E-state index contributed by atoms with van der Waals surface area (Å²) in [5, 5.41) is 0. The van der Waals surface area contributed by atoms with Gasteiger partial charge < -0.3 is 13.9 Å². The largest absolute Gasteiger partial charge is 0.465 e. The van der Waals surface area contributed by atoms with E-state index in [1.54, 1.807) is 13.0 Å². The van der Waals surface area contributed by atoms with E-state index in [0.717, 1.165) is 12.3 Å². The molecule has 1 aromatic heterocycles. The number of methoxy groups -OCH3 is 1. The first-order valence-electron chi connectivity index (χ1n) is 6.41. The third-order valence-corrected chi connectivity index (χ3v) is 2.72. The third-order valence-electron chi connectivity index (χ3n) is 2.72. The van der Waals surface area contributed by atoms with Gasteiger partial charge in [-0.1, -0.05) is 0 Å². The van der Waals surface area contributed by atoms with Gasteiger partial charge in [0.1, 0.15) is 17.1 Å². The summed E-state index contributed by atoms with van der Waals surface area (Å²) < 4.78 is 15.7. The number of hydrogen-bond donors (Lipinski definition) is 0. The number of nitrogens with zero attached hydrogens (tertiary/aromatic N) is 1. The first kappa shape index (κ1) is 15.7. The fourth-order valence-electron chi connectivity index (χ4n) is 1.72. The first-order valence-corrected chi connectivity index (χ1v) is 6.41. The second kappa shape index (κ2) is 7.31. The van der Waals surface area contributed by atoms with Crippen molar-refractivity contribution in [3.8, 4) is 0 Å². The molecule has 0 unspecified atom stereocenters. The molecule has 0 radical (unpaired) electrons. The molecule has 108 valence electrons. The highest BCUT2D eigenvalue weighted by atomic mass is 16.5. The van der Waals surface area contributed by atoms with Gasteiger partial charge in [-0.25, -0.2) is 4.79 Å². The van der Waals surface area contributed by atoms with Gasteiger partial charge in [-0.2, -0.15) is 0 Å². The van der Waals surface area contributed by atoms with E-state index in [4.69, 9.17) is 13.9 Å². The molecule has 0 aliphatic carbocycles. The summed E-state index contributed by atoms with van der Waals surface area (Å²) in [5.74, 6) is 0.983. The standard InChI is InChI=1S/C14H23NO4/c1-10(2)18-7-6-15(4)9-12-8-13(11(3)19-12)14(16)17-5/h8,10H,6-7,9H2,1-5H3. The number of furan rings is 1. The lowest BCUT2D eigenvalue weighted by Crippen LogP contribution is -2.23. The summed E-state index contributed by atoms with van der Waals surface area (Å²) in [6, 6.07) is 1.74. The molecule has 5 nitrogen and oxygen atoms in total. The highest BCUT2D eigenvalue weighted by molar-refractivity contribution is 5.90. The van der Waals surface area contributed by atoms with E-state index in [1.165, 1.54) is 7.11 Å². The van der Waals surface area contributed by atoms with E-state index < -0.39 is 0 Å². The lowest BCUT2D eigenvalue weighted by atomic mass is 10.2. The average Bonchev–Trinajstić information content (AvgIpc) is 2.68. The predicted octanol–water partition coefficient (Wildman–Crippen LogP) is 2.23. The monoisotopic (exact) mass is 269 g/mol. The Labute approximate surface area is 114 Å². The van der Waals surface area contributed by atoms with Gasteiger partial charge in [0, 0.05) is 6.54 Å². The Hall–Kier alpha value is -1.33. The van der Waals surface area contributed by atoms with Crippen molar-refractivity contribution in [1.82, 2.24) is 4.90 Å². The zero-order valence-corrected chi connectivity index (χ0v) is 12.4. The van der Waals surface area contributed by atoms with Crippen LogP contribution in [0.25, 0.3) is 0 Å². The molecule has 0 fully saturated rings. The van der Waals surface area contributed by atoms with E-state index in [2.05, 4.69) is 4.90 Å². The Bertz CT molecular complexity index is 412. The van der Waals surface area contributed by atoms with Gasteiger partial charge >= 0.3 is 5.97 Å². The normalized spacial score (nSPS) is 11.3. The number of aryl methyl sites for hydroxylation is 1. The Kier molecular flexibility index (Phi) is 6.05. The summed E-state index contributed by atoms with van der Waals surface area (Å²) in [7, 11) is 3.35. The quantitative estimate of drug-likeness (QED) is 0.710. The molecular weight excluding hydrogens is 246 g/mol. The van der Waals surface area contributed by atoms with E-state index >= 15 is 0 Å². The number of esters is 1. The Morgan fingerprint density at radius 3 is 2.74 bits per heavy atom. The molecule has 0 amide bonds. The molecule has 0 aromatic carbocycles. The van der Waals surface area contributed by atoms with Gasteiger partial charge in [0.2, 0.25) is 0 Å². The molecule has 1 rings (SSSR count). The molecule has 0 saturated heterocycles. The maximum Gasteiger partial charge on any atom is 0.341 e. The number of likely N-dealkylation sites (N-methyl/N-ethyl adjacent to an activating group) is 1. The average molecular weight is 269 g/mol. The van der Waals surface area contributed by atoms with Crippen LogP contribution >= 0.6 is 0 Å². The number of ether oxygens (including phenoxy) is 2. The van der Waals surface area contributed by atoms with Crippen LogP contribution in [-0.4, -0.2) is 44.3 Å². The first-order chi connectivity index (χ1) is 8.93. The lowest BCUT2D eigenvalue weighted by molar-refractivity contribution is 0.0598. The Balaban J connectivity index is 2.50. The zero-order chi connectivity index (χ0) is 14.4. The smallest absolute Gasteiger partial charge is 0.341 e. The Morgan fingerprint density at radius 2 is 2.16 bits per heavy atom. The molecule has 0 bridgehead atoms. The van der Waals surface area contributed by atoms with Crippen molar-refractivity contribution in [3.05, 3.63) is 23.2 Å². The molecule has 0 spiro atoms. The van der Waals surface area contributed by atoms with Gasteiger partial charge in [-0.3, -0.25) is 4.90 Å². The molecule has 0 aliphatic heterocycles. The molecule has 0 aliphatic rings. The molecule has 1 aromatic rings. The summed E-state index contributed by atoms with van der Waals surface area (Å²) >= 11 is 0. The van der Waals surface area contributed by atoms with E-state index in [9.17, 15) is 4.79 Å². The third kappa shape index (κ3) is 5.04. The number of carbonyl (C=O) groups is 1. The summed E-state index contributed by atoms with van der Waals surface area (Å²) in [5.41, 5.74) is 0.490. The maximum absolute atomic E-state index is 11.5. The highest BCUT2D eigenvalue weighted by Crippen LogP contribution is 2.16. The van der Waals surface area contributed by atoms with Gasteiger partial charge in [-0.15, -0.1) is 0 Å². The van der Waals surface area contributed by atoms with Gasteiger partial charge in [-0.05, 0) is 33.9 Å². The minimum absolute atomic E-state index is 0.241. The van der Waals surface area contributed by atoms with Crippen LogP contribution in [0.3, 0.4) is 0 Å². The topological polar surface area (TPSA) is 51.9 Å².